The number of esters is 1. The second-order valence-corrected chi connectivity index (χ2v) is 12.1. The number of azo groups is 1. The van der Waals surface area contributed by atoms with Crippen LogP contribution in [-0.4, -0.2) is 105 Å². The first-order valence-corrected chi connectivity index (χ1v) is 15.8. The van der Waals surface area contributed by atoms with Crippen LogP contribution < -0.4 is 16.0 Å². The largest absolute Gasteiger partial charge is 0.465 e. The van der Waals surface area contributed by atoms with Gasteiger partial charge in [-0.25, -0.2) is 14.6 Å². The zero-order valence-corrected chi connectivity index (χ0v) is 28.0. The first kappa shape index (κ1) is 36.7. The van der Waals surface area contributed by atoms with Crippen molar-refractivity contribution in [2.75, 3.05) is 56.5 Å². The van der Waals surface area contributed by atoms with E-state index in [0.29, 0.717) is 43.8 Å². The van der Waals surface area contributed by atoms with Crippen molar-refractivity contribution in [3.05, 3.63) is 30.2 Å². The minimum Gasteiger partial charge on any atom is -0.465 e. The molecule has 4 unspecified atom stereocenters. The smallest absolute Gasteiger partial charge is 0.318 e. The van der Waals surface area contributed by atoms with Crippen LogP contribution in [0.3, 0.4) is 0 Å². The molecule has 0 saturated heterocycles. The highest BCUT2D eigenvalue weighted by Crippen LogP contribution is 2.34. The summed E-state index contributed by atoms with van der Waals surface area (Å²) in [5.74, 6) is 0.871. The standard InChI is InChI=1S/C29H40N12O5S/c1-18(16-44-5)34-26-23(38-39-24-22(13-30)14-41(40-24)29-32-9-7-10-33-29)25(36-28(37-26)35-19(2)17-45-6)31-11-8-12-46-27(43)21(4)47-20(3)15-42/h7,9-10,14-15,18-21H,8,11-12,16-17H2,1-6H3,(H3,31,34,35,36,37). The van der Waals surface area contributed by atoms with Crippen molar-refractivity contribution in [2.24, 2.45) is 10.2 Å². The Labute approximate surface area is 277 Å². The Morgan fingerprint density at radius 1 is 1.06 bits per heavy atom. The summed E-state index contributed by atoms with van der Waals surface area (Å²) in [5.41, 5.74) is 0.402. The number of carbonyl (C=O) groups is 2. The van der Waals surface area contributed by atoms with Crippen LogP contribution in [0.1, 0.15) is 39.7 Å². The van der Waals surface area contributed by atoms with Crippen LogP contribution in [0, 0.1) is 11.3 Å². The lowest BCUT2D eigenvalue weighted by Crippen LogP contribution is -2.25. The van der Waals surface area contributed by atoms with E-state index in [2.05, 4.69) is 57.3 Å². The van der Waals surface area contributed by atoms with Crippen LogP contribution in [0.15, 0.2) is 34.9 Å². The van der Waals surface area contributed by atoms with Gasteiger partial charge in [0.05, 0.1) is 31.3 Å². The Morgan fingerprint density at radius 3 is 2.40 bits per heavy atom. The average Bonchev–Trinajstić information content (AvgIpc) is 3.47. The number of anilines is 3. The molecule has 0 amide bonds. The SMILES string of the molecule is COCC(C)Nc1nc(NCCCOC(=O)C(C)SC(C)C=O)c(N=Nc2nn(-c3ncccn3)cc2C#N)c(NC(C)COC)n1. The van der Waals surface area contributed by atoms with Gasteiger partial charge in [-0.1, -0.05) is 0 Å². The molecule has 4 atom stereocenters. The summed E-state index contributed by atoms with van der Waals surface area (Å²) in [6.07, 6.45) is 5.81. The topological polar surface area (TPSA) is 216 Å². The van der Waals surface area contributed by atoms with Crippen molar-refractivity contribution in [2.45, 2.75) is 56.7 Å². The van der Waals surface area contributed by atoms with E-state index < -0.39 is 11.2 Å². The van der Waals surface area contributed by atoms with Gasteiger partial charge in [0, 0.05) is 45.2 Å². The molecule has 3 aromatic rings. The van der Waals surface area contributed by atoms with Gasteiger partial charge in [-0.15, -0.1) is 27.1 Å². The predicted octanol–water partition coefficient (Wildman–Crippen LogP) is 3.69. The van der Waals surface area contributed by atoms with Crippen molar-refractivity contribution < 1.29 is 23.8 Å². The molecule has 252 valence electrons. The van der Waals surface area contributed by atoms with E-state index in [0.717, 1.165) is 6.29 Å². The van der Waals surface area contributed by atoms with Gasteiger partial charge in [0.2, 0.25) is 11.8 Å². The number of aldehydes is 1. The molecule has 0 radical (unpaired) electrons. The van der Waals surface area contributed by atoms with Gasteiger partial charge in [-0.2, -0.15) is 15.2 Å². The lowest BCUT2D eigenvalue weighted by Gasteiger charge is -2.19. The van der Waals surface area contributed by atoms with Gasteiger partial charge in [0.25, 0.3) is 5.95 Å². The molecule has 0 aromatic carbocycles. The Hall–Kier alpha value is -4.73. The molecule has 0 saturated carbocycles. The van der Waals surface area contributed by atoms with E-state index in [-0.39, 0.29) is 47.0 Å². The lowest BCUT2D eigenvalue weighted by molar-refractivity contribution is -0.142. The number of methoxy groups -OCH3 is 2. The summed E-state index contributed by atoms with van der Waals surface area (Å²) in [5, 5.41) is 31.8. The molecule has 3 N–H and O–H groups in total. The maximum atomic E-state index is 12.3. The third-order valence-electron chi connectivity index (χ3n) is 6.09. The van der Waals surface area contributed by atoms with E-state index in [1.165, 1.54) is 22.6 Å². The van der Waals surface area contributed by atoms with Crippen LogP contribution >= 0.6 is 11.8 Å². The van der Waals surface area contributed by atoms with Crippen LogP contribution in [0.4, 0.5) is 29.1 Å². The fourth-order valence-electron chi connectivity index (χ4n) is 3.98. The van der Waals surface area contributed by atoms with Crippen molar-refractivity contribution >= 4 is 53.1 Å². The van der Waals surface area contributed by atoms with Gasteiger partial charge in [-0.3, -0.25) is 4.79 Å². The monoisotopic (exact) mass is 668 g/mol. The number of thioether (sulfide) groups is 1. The van der Waals surface area contributed by atoms with Gasteiger partial charge in [0.1, 0.15) is 23.2 Å². The van der Waals surface area contributed by atoms with Gasteiger partial charge in [-0.05, 0) is 40.2 Å². The van der Waals surface area contributed by atoms with Crippen LogP contribution in [0.2, 0.25) is 0 Å². The Bertz CT molecular complexity index is 1520. The highest BCUT2D eigenvalue weighted by molar-refractivity contribution is 8.01. The molecule has 18 heteroatoms. The minimum absolute atomic E-state index is 0.0421. The third-order valence-corrected chi connectivity index (χ3v) is 7.23. The number of nitrogens with zero attached hydrogens (tertiary/aromatic N) is 9. The van der Waals surface area contributed by atoms with Crippen molar-refractivity contribution in [1.29, 1.82) is 5.26 Å². The zero-order valence-electron chi connectivity index (χ0n) is 27.2. The molecule has 47 heavy (non-hydrogen) atoms. The molecule has 17 nitrogen and oxygen atoms in total. The normalized spacial score (nSPS) is 13.7. The highest BCUT2D eigenvalue weighted by Gasteiger charge is 2.20. The molecule has 0 spiro atoms. The molecule has 3 heterocycles. The average molecular weight is 669 g/mol. The number of hydrogen-bond donors (Lipinski definition) is 3. The molecule has 0 aliphatic rings. The second kappa shape index (κ2) is 19.1. The molecule has 0 aliphatic heterocycles. The number of carbonyl (C=O) groups excluding carboxylic acids is 2. The van der Waals surface area contributed by atoms with E-state index in [1.807, 2.05) is 13.8 Å². The fourth-order valence-corrected chi connectivity index (χ4v) is 4.87. The molecule has 0 fully saturated rings. The number of nitrogens with one attached hydrogen (secondary N) is 3. The zero-order chi connectivity index (χ0) is 34.2. The van der Waals surface area contributed by atoms with E-state index >= 15 is 0 Å². The second-order valence-electron chi connectivity index (χ2n) is 10.3. The Morgan fingerprint density at radius 2 is 1.74 bits per heavy atom. The number of rotatable bonds is 20. The Balaban J connectivity index is 1.92. The number of hydrogen-bond acceptors (Lipinski definition) is 17. The first-order chi connectivity index (χ1) is 22.7. The van der Waals surface area contributed by atoms with Crippen LogP contribution in [0.5, 0.6) is 0 Å². The summed E-state index contributed by atoms with van der Waals surface area (Å²) in [6.45, 7) is 8.55. The summed E-state index contributed by atoms with van der Waals surface area (Å²) in [7, 11) is 3.20. The quantitative estimate of drug-likeness (QED) is 0.0677. The summed E-state index contributed by atoms with van der Waals surface area (Å²) >= 11 is 1.23. The highest BCUT2D eigenvalue weighted by atomic mass is 32.2. The Kier molecular flexibility index (Phi) is 14.9. The number of nitriles is 1. The van der Waals surface area contributed by atoms with Crippen molar-refractivity contribution in [3.8, 4) is 12.0 Å². The predicted molar refractivity (Wildman–Crippen MR) is 177 cm³/mol. The summed E-state index contributed by atoms with van der Waals surface area (Å²) < 4.78 is 17.3. The molecular formula is C29H40N12O5S. The van der Waals surface area contributed by atoms with E-state index in [1.54, 1.807) is 46.5 Å². The minimum atomic E-state index is -0.474. The molecule has 0 aliphatic carbocycles. The van der Waals surface area contributed by atoms with Gasteiger partial charge < -0.3 is 35.0 Å². The lowest BCUT2D eigenvalue weighted by atomic mass is 10.3. The molecular weight excluding hydrogens is 628 g/mol. The maximum Gasteiger partial charge on any atom is 0.318 e. The number of ether oxygens (including phenoxy) is 3. The van der Waals surface area contributed by atoms with Crippen LogP contribution in [-0.2, 0) is 23.8 Å². The first-order valence-electron chi connectivity index (χ1n) is 14.8. The third kappa shape index (κ3) is 11.5. The van der Waals surface area contributed by atoms with Gasteiger partial charge in [0.15, 0.2) is 17.3 Å². The summed E-state index contributed by atoms with van der Waals surface area (Å²) in [4.78, 5) is 40.9. The number of aromatic nitrogens is 6. The van der Waals surface area contributed by atoms with Crippen molar-refractivity contribution in [1.82, 2.24) is 29.7 Å². The van der Waals surface area contributed by atoms with Crippen LogP contribution in [0.25, 0.3) is 5.95 Å². The van der Waals surface area contributed by atoms with Gasteiger partial charge >= 0.3 is 5.97 Å². The molecule has 3 rings (SSSR count). The fraction of sp³-hybridized carbons (Fsp3) is 0.517. The van der Waals surface area contributed by atoms with Crippen molar-refractivity contribution in [3.63, 3.8) is 0 Å². The molecule has 0 bridgehead atoms. The molecule has 3 aromatic heterocycles. The van der Waals surface area contributed by atoms with E-state index in [9.17, 15) is 14.9 Å². The van der Waals surface area contributed by atoms with E-state index in [4.69, 9.17) is 14.2 Å². The maximum absolute atomic E-state index is 12.3. The summed E-state index contributed by atoms with van der Waals surface area (Å²) in [6, 6.07) is 3.44.